The first-order valence-corrected chi connectivity index (χ1v) is 6.26. The summed E-state index contributed by atoms with van der Waals surface area (Å²) in [4.78, 5) is 0. The standard InChI is InChI=1S/C15H22N2/c1-6-16(5)17-10-9-12-7-8-13(11-14(12)17)15(2,3)4/h7-11H,6H2,1-5H3. The number of hydrogen-bond acceptors (Lipinski definition) is 1. The zero-order valence-corrected chi connectivity index (χ0v) is 11.5. The van der Waals surface area contributed by atoms with Crippen molar-refractivity contribution < 1.29 is 0 Å². The molecular formula is C15H22N2. The van der Waals surface area contributed by atoms with E-state index in [9.17, 15) is 0 Å². The molecular weight excluding hydrogens is 208 g/mol. The van der Waals surface area contributed by atoms with Gasteiger partial charge in [0.2, 0.25) is 0 Å². The number of nitrogens with zero attached hydrogens (tertiary/aromatic N) is 2. The molecule has 0 unspecified atom stereocenters. The Bertz CT molecular complexity index is 517. The lowest BCUT2D eigenvalue weighted by molar-refractivity contribution is 0.590. The van der Waals surface area contributed by atoms with Crippen molar-refractivity contribution in [2.24, 2.45) is 0 Å². The molecule has 1 heterocycles. The Kier molecular flexibility index (Phi) is 2.90. The van der Waals surface area contributed by atoms with Gasteiger partial charge in [0.25, 0.3) is 0 Å². The monoisotopic (exact) mass is 230 g/mol. The summed E-state index contributed by atoms with van der Waals surface area (Å²) in [6.07, 6.45) is 2.14. The molecule has 1 aromatic heterocycles. The van der Waals surface area contributed by atoms with E-state index in [1.54, 1.807) is 0 Å². The molecule has 0 saturated carbocycles. The van der Waals surface area contributed by atoms with E-state index < -0.39 is 0 Å². The molecule has 0 aliphatic carbocycles. The quantitative estimate of drug-likeness (QED) is 0.766. The predicted molar refractivity (Wildman–Crippen MR) is 75.3 cm³/mol. The van der Waals surface area contributed by atoms with Crippen molar-refractivity contribution >= 4 is 10.9 Å². The number of benzene rings is 1. The van der Waals surface area contributed by atoms with Crippen LogP contribution >= 0.6 is 0 Å². The van der Waals surface area contributed by atoms with Gasteiger partial charge in [0.15, 0.2) is 0 Å². The Morgan fingerprint density at radius 2 is 1.88 bits per heavy atom. The number of aromatic nitrogens is 1. The highest BCUT2D eigenvalue weighted by atomic mass is 15.5. The Morgan fingerprint density at radius 3 is 2.47 bits per heavy atom. The molecule has 2 nitrogen and oxygen atoms in total. The molecule has 2 aromatic rings. The van der Waals surface area contributed by atoms with Crippen LogP contribution in [0.3, 0.4) is 0 Å². The van der Waals surface area contributed by atoms with Gasteiger partial charge in [-0.25, -0.2) is 0 Å². The first-order valence-electron chi connectivity index (χ1n) is 6.26. The first kappa shape index (κ1) is 12.0. The summed E-state index contributed by atoms with van der Waals surface area (Å²) in [5.74, 6) is 0. The molecule has 17 heavy (non-hydrogen) atoms. The lowest BCUT2D eigenvalue weighted by atomic mass is 9.87. The van der Waals surface area contributed by atoms with Crippen molar-refractivity contribution in [3.8, 4) is 0 Å². The zero-order chi connectivity index (χ0) is 12.6. The molecule has 0 N–H and O–H groups in total. The summed E-state index contributed by atoms with van der Waals surface area (Å²) in [6, 6.07) is 8.93. The summed E-state index contributed by atoms with van der Waals surface area (Å²) >= 11 is 0. The topological polar surface area (TPSA) is 8.17 Å². The fourth-order valence-corrected chi connectivity index (χ4v) is 2.03. The summed E-state index contributed by atoms with van der Waals surface area (Å²) in [5, 5.41) is 3.52. The molecule has 0 bridgehead atoms. The molecule has 2 rings (SSSR count). The Hall–Kier alpha value is -1.44. The normalized spacial score (nSPS) is 12.1. The van der Waals surface area contributed by atoms with E-state index in [1.807, 2.05) is 0 Å². The third-order valence-electron chi connectivity index (χ3n) is 3.36. The van der Waals surface area contributed by atoms with Gasteiger partial charge in [-0.05, 0) is 30.0 Å². The van der Waals surface area contributed by atoms with Crippen LogP contribution in [0, 0.1) is 0 Å². The van der Waals surface area contributed by atoms with Gasteiger partial charge < -0.3 is 5.01 Å². The lowest BCUT2D eigenvalue weighted by Crippen LogP contribution is -2.28. The van der Waals surface area contributed by atoms with Crippen LogP contribution < -0.4 is 5.01 Å². The van der Waals surface area contributed by atoms with Gasteiger partial charge in [0, 0.05) is 25.2 Å². The highest BCUT2D eigenvalue weighted by Gasteiger charge is 2.15. The van der Waals surface area contributed by atoms with Gasteiger partial charge in [-0.3, -0.25) is 4.68 Å². The van der Waals surface area contributed by atoms with E-state index in [0.29, 0.717) is 0 Å². The SMILES string of the molecule is CCN(C)n1ccc2ccc(C(C)(C)C)cc21. The maximum Gasteiger partial charge on any atom is 0.0697 e. The van der Waals surface area contributed by atoms with Crippen LogP contribution in [0.1, 0.15) is 33.3 Å². The van der Waals surface area contributed by atoms with Gasteiger partial charge in [0.05, 0.1) is 5.52 Å². The van der Waals surface area contributed by atoms with Gasteiger partial charge in [0.1, 0.15) is 0 Å². The van der Waals surface area contributed by atoms with E-state index in [1.165, 1.54) is 16.5 Å². The number of fused-ring (bicyclic) bond motifs is 1. The number of hydrogen-bond donors (Lipinski definition) is 0. The summed E-state index contributed by atoms with van der Waals surface area (Å²) < 4.78 is 2.23. The van der Waals surface area contributed by atoms with Crippen molar-refractivity contribution in [3.63, 3.8) is 0 Å². The molecule has 0 aliphatic rings. The fraction of sp³-hybridized carbons (Fsp3) is 0.467. The summed E-state index contributed by atoms with van der Waals surface area (Å²) in [6.45, 7) is 9.93. The van der Waals surface area contributed by atoms with Gasteiger partial charge in [-0.15, -0.1) is 0 Å². The average Bonchev–Trinajstić information content (AvgIpc) is 2.69. The van der Waals surface area contributed by atoms with Crippen LogP contribution in [-0.4, -0.2) is 18.3 Å². The summed E-state index contributed by atoms with van der Waals surface area (Å²) in [5.41, 5.74) is 2.88. The second kappa shape index (κ2) is 4.10. The van der Waals surface area contributed by atoms with Crippen LogP contribution in [0.25, 0.3) is 10.9 Å². The van der Waals surface area contributed by atoms with E-state index >= 15 is 0 Å². The molecule has 0 radical (unpaired) electrons. The van der Waals surface area contributed by atoms with Crippen molar-refractivity contribution in [2.75, 3.05) is 18.6 Å². The smallest absolute Gasteiger partial charge is 0.0697 e. The zero-order valence-electron chi connectivity index (χ0n) is 11.5. The van der Waals surface area contributed by atoms with Gasteiger partial charge >= 0.3 is 0 Å². The second-order valence-corrected chi connectivity index (χ2v) is 5.66. The van der Waals surface area contributed by atoms with Crippen LogP contribution in [0.4, 0.5) is 0 Å². The fourth-order valence-electron chi connectivity index (χ4n) is 2.03. The highest BCUT2D eigenvalue weighted by molar-refractivity contribution is 5.81. The second-order valence-electron chi connectivity index (χ2n) is 5.66. The van der Waals surface area contributed by atoms with E-state index in [2.05, 4.69) is 74.9 Å². The van der Waals surface area contributed by atoms with Crippen molar-refractivity contribution in [1.82, 2.24) is 4.68 Å². The van der Waals surface area contributed by atoms with Crippen molar-refractivity contribution in [3.05, 3.63) is 36.0 Å². The minimum Gasteiger partial charge on any atom is -0.316 e. The summed E-state index contributed by atoms with van der Waals surface area (Å²) in [7, 11) is 2.11. The van der Waals surface area contributed by atoms with Crippen molar-refractivity contribution in [1.29, 1.82) is 0 Å². The third-order valence-corrected chi connectivity index (χ3v) is 3.36. The van der Waals surface area contributed by atoms with E-state index in [-0.39, 0.29) is 5.41 Å². The van der Waals surface area contributed by atoms with Gasteiger partial charge in [-0.2, -0.15) is 0 Å². The molecule has 0 saturated heterocycles. The van der Waals surface area contributed by atoms with Crippen LogP contribution in [0.2, 0.25) is 0 Å². The third kappa shape index (κ3) is 2.17. The van der Waals surface area contributed by atoms with Crippen LogP contribution in [0.15, 0.2) is 30.5 Å². The number of rotatable bonds is 2. The first-order chi connectivity index (χ1) is 7.93. The molecule has 0 amide bonds. The minimum absolute atomic E-state index is 0.202. The predicted octanol–water partition coefficient (Wildman–Crippen LogP) is 3.53. The van der Waals surface area contributed by atoms with E-state index in [4.69, 9.17) is 0 Å². The molecule has 0 fully saturated rings. The Balaban J connectivity index is 2.58. The molecule has 1 aromatic carbocycles. The highest BCUT2D eigenvalue weighted by Crippen LogP contribution is 2.26. The van der Waals surface area contributed by atoms with Crippen LogP contribution in [0.5, 0.6) is 0 Å². The maximum atomic E-state index is 2.31. The van der Waals surface area contributed by atoms with Gasteiger partial charge in [-0.1, -0.05) is 32.9 Å². The maximum absolute atomic E-state index is 2.31. The minimum atomic E-state index is 0.202. The molecule has 92 valence electrons. The molecule has 0 aliphatic heterocycles. The lowest BCUT2D eigenvalue weighted by Gasteiger charge is -2.22. The molecule has 0 spiro atoms. The van der Waals surface area contributed by atoms with Crippen LogP contribution in [-0.2, 0) is 5.41 Å². The average molecular weight is 230 g/mol. The molecule has 0 atom stereocenters. The Morgan fingerprint density at radius 1 is 1.18 bits per heavy atom. The van der Waals surface area contributed by atoms with Crippen molar-refractivity contribution in [2.45, 2.75) is 33.1 Å². The van der Waals surface area contributed by atoms with E-state index in [0.717, 1.165) is 6.54 Å². The largest absolute Gasteiger partial charge is 0.316 e. The molecule has 2 heteroatoms. The Labute approximate surface area is 104 Å².